The topological polar surface area (TPSA) is 110 Å². The Morgan fingerprint density at radius 2 is 2.20 bits per heavy atom. The van der Waals surface area contributed by atoms with Gasteiger partial charge in [0.05, 0.1) is 5.92 Å². The first-order valence-electron chi connectivity index (χ1n) is 4.55. The van der Waals surface area contributed by atoms with E-state index in [4.69, 9.17) is 10.7 Å². The van der Waals surface area contributed by atoms with Gasteiger partial charge in [-0.25, -0.2) is 0 Å². The lowest BCUT2D eigenvalue weighted by Gasteiger charge is -2.15. The van der Waals surface area contributed by atoms with Crippen molar-refractivity contribution in [3.05, 3.63) is 10.4 Å². The predicted molar refractivity (Wildman–Crippen MR) is 55.4 cm³/mol. The standard InChI is InChI=1S/C8H15N5O2/c1-5(2)4-6(8(14)10-3)7(12-15)11-13-9/h5-6,15H,4H2,1-3H3,(H,10,14)/b12-7-. The fourth-order valence-electron chi connectivity index (χ4n) is 1.18. The highest BCUT2D eigenvalue weighted by molar-refractivity contribution is 6.03. The number of azide groups is 1. The van der Waals surface area contributed by atoms with Crippen LogP contribution in [0.2, 0.25) is 0 Å². The number of nitrogens with one attached hydrogen (secondary N) is 1. The van der Waals surface area contributed by atoms with E-state index < -0.39 is 5.92 Å². The summed E-state index contributed by atoms with van der Waals surface area (Å²) in [4.78, 5) is 13.9. The Kier molecular flexibility index (Phi) is 5.89. The summed E-state index contributed by atoms with van der Waals surface area (Å²) < 4.78 is 0. The smallest absolute Gasteiger partial charge is 0.228 e. The highest BCUT2D eigenvalue weighted by Gasteiger charge is 2.24. The molecule has 0 rings (SSSR count). The monoisotopic (exact) mass is 213 g/mol. The van der Waals surface area contributed by atoms with E-state index in [1.54, 1.807) is 0 Å². The molecule has 0 saturated carbocycles. The Morgan fingerprint density at radius 3 is 2.53 bits per heavy atom. The van der Waals surface area contributed by atoms with E-state index >= 15 is 0 Å². The van der Waals surface area contributed by atoms with E-state index in [1.165, 1.54) is 7.05 Å². The van der Waals surface area contributed by atoms with Gasteiger partial charge in [-0.1, -0.05) is 19.0 Å². The number of hydrogen-bond acceptors (Lipinski definition) is 3. The molecule has 84 valence electrons. The van der Waals surface area contributed by atoms with Gasteiger partial charge in [0, 0.05) is 12.0 Å². The second kappa shape index (κ2) is 6.67. The van der Waals surface area contributed by atoms with Gasteiger partial charge in [0.15, 0.2) is 5.84 Å². The van der Waals surface area contributed by atoms with Crippen LogP contribution in [0.1, 0.15) is 20.3 Å². The Hall–Kier alpha value is -1.75. The van der Waals surface area contributed by atoms with Gasteiger partial charge in [-0.2, -0.15) is 0 Å². The molecule has 0 aromatic carbocycles. The average Bonchev–Trinajstić information content (AvgIpc) is 2.21. The molecule has 0 aromatic rings. The Morgan fingerprint density at radius 1 is 1.60 bits per heavy atom. The van der Waals surface area contributed by atoms with Crippen LogP contribution in [-0.2, 0) is 4.79 Å². The van der Waals surface area contributed by atoms with Gasteiger partial charge in [-0.15, -0.1) is 0 Å². The van der Waals surface area contributed by atoms with Crippen molar-refractivity contribution in [3.63, 3.8) is 0 Å². The molecule has 0 aliphatic heterocycles. The van der Waals surface area contributed by atoms with Gasteiger partial charge < -0.3 is 10.5 Å². The Bertz CT molecular complexity index is 293. The number of amidine groups is 1. The molecular formula is C8H15N5O2. The van der Waals surface area contributed by atoms with Crippen LogP contribution in [-0.4, -0.2) is 24.0 Å². The predicted octanol–water partition coefficient (Wildman–Crippen LogP) is 1.49. The van der Waals surface area contributed by atoms with Crippen LogP contribution in [0, 0.1) is 11.8 Å². The van der Waals surface area contributed by atoms with Gasteiger partial charge in [-0.3, -0.25) is 4.79 Å². The molecule has 0 fully saturated rings. The number of oxime groups is 1. The molecule has 0 aromatic heterocycles. The first-order valence-corrected chi connectivity index (χ1v) is 4.55. The first kappa shape index (κ1) is 13.2. The summed E-state index contributed by atoms with van der Waals surface area (Å²) in [6.45, 7) is 3.84. The van der Waals surface area contributed by atoms with Gasteiger partial charge in [0.25, 0.3) is 0 Å². The SMILES string of the molecule is CNC(=O)C(CC(C)C)/C(N=[N+]=[N-])=N/O. The minimum absolute atomic E-state index is 0.203. The second-order valence-corrected chi connectivity index (χ2v) is 3.44. The number of hydrogen-bond donors (Lipinski definition) is 2. The fraction of sp³-hybridized carbons (Fsp3) is 0.750. The molecule has 1 amide bonds. The van der Waals surface area contributed by atoms with Crippen molar-refractivity contribution in [1.29, 1.82) is 0 Å². The lowest BCUT2D eigenvalue weighted by molar-refractivity contribution is -0.123. The number of rotatable bonds is 4. The summed E-state index contributed by atoms with van der Waals surface area (Å²) in [5, 5.41) is 17.1. The molecule has 0 saturated heterocycles. The minimum atomic E-state index is -0.712. The van der Waals surface area contributed by atoms with Gasteiger partial charge in [0.2, 0.25) is 5.91 Å². The van der Waals surface area contributed by atoms with Crippen molar-refractivity contribution in [2.75, 3.05) is 7.05 Å². The molecule has 1 atom stereocenters. The van der Waals surface area contributed by atoms with E-state index in [0.717, 1.165) is 0 Å². The maximum atomic E-state index is 11.4. The van der Waals surface area contributed by atoms with Crippen LogP contribution in [0.15, 0.2) is 10.3 Å². The van der Waals surface area contributed by atoms with Crippen molar-refractivity contribution in [2.24, 2.45) is 22.1 Å². The molecular weight excluding hydrogens is 198 g/mol. The van der Waals surface area contributed by atoms with Crippen LogP contribution >= 0.6 is 0 Å². The second-order valence-electron chi connectivity index (χ2n) is 3.44. The molecule has 2 N–H and O–H groups in total. The van der Waals surface area contributed by atoms with Gasteiger partial charge in [-0.05, 0) is 23.0 Å². The van der Waals surface area contributed by atoms with Crippen LogP contribution in [0.25, 0.3) is 10.4 Å². The van der Waals surface area contributed by atoms with Gasteiger partial charge >= 0.3 is 0 Å². The summed E-state index contributed by atoms with van der Waals surface area (Å²) in [7, 11) is 1.47. The van der Waals surface area contributed by atoms with Crippen molar-refractivity contribution < 1.29 is 10.0 Å². The summed E-state index contributed by atoms with van der Waals surface area (Å²) in [6, 6.07) is 0. The molecule has 15 heavy (non-hydrogen) atoms. The molecule has 0 radical (unpaired) electrons. The maximum Gasteiger partial charge on any atom is 0.228 e. The third kappa shape index (κ3) is 4.33. The highest BCUT2D eigenvalue weighted by Crippen LogP contribution is 2.14. The third-order valence-electron chi connectivity index (χ3n) is 1.83. The van der Waals surface area contributed by atoms with E-state index in [2.05, 4.69) is 20.5 Å². The quantitative estimate of drug-likeness (QED) is 0.140. The van der Waals surface area contributed by atoms with Crippen LogP contribution < -0.4 is 5.32 Å². The third-order valence-corrected chi connectivity index (χ3v) is 1.83. The van der Waals surface area contributed by atoms with Gasteiger partial charge in [0.1, 0.15) is 0 Å². The maximum absolute atomic E-state index is 11.4. The van der Waals surface area contributed by atoms with E-state index in [0.29, 0.717) is 6.42 Å². The lowest BCUT2D eigenvalue weighted by atomic mass is 9.95. The zero-order valence-electron chi connectivity index (χ0n) is 9.01. The molecule has 0 heterocycles. The number of carbonyl (C=O) groups excluding carboxylic acids is 1. The summed E-state index contributed by atoms with van der Waals surface area (Å²) in [5.41, 5.74) is 8.24. The normalized spacial score (nSPS) is 13.2. The zero-order chi connectivity index (χ0) is 11.8. The average molecular weight is 213 g/mol. The molecule has 0 aliphatic carbocycles. The van der Waals surface area contributed by atoms with Crippen LogP contribution in [0.4, 0.5) is 0 Å². The first-order chi connectivity index (χ1) is 7.06. The van der Waals surface area contributed by atoms with Crippen LogP contribution in [0.3, 0.4) is 0 Å². The largest absolute Gasteiger partial charge is 0.411 e. The van der Waals surface area contributed by atoms with Crippen molar-refractivity contribution in [1.82, 2.24) is 5.32 Å². The summed E-state index contributed by atoms with van der Waals surface area (Å²) >= 11 is 0. The fourth-order valence-corrected chi connectivity index (χ4v) is 1.18. The van der Waals surface area contributed by atoms with Crippen molar-refractivity contribution in [2.45, 2.75) is 20.3 Å². The zero-order valence-corrected chi connectivity index (χ0v) is 9.01. The molecule has 7 nitrogen and oxygen atoms in total. The lowest BCUT2D eigenvalue weighted by Crippen LogP contribution is -2.33. The Labute approximate surface area is 87.8 Å². The molecule has 0 aliphatic rings. The van der Waals surface area contributed by atoms with E-state index in [-0.39, 0.29) is 17.7 Å². The highest BCUT2D eigenvalue weighted by atomic mass is 16.4. The molecule has 7 heteroatoms. The minimum Gasteiger partial charge on any atom is -0.411 e. The van der Waals surface area contributed by atoms with E-state index in [1.807, 2.05) is 13.8 Å². The summed E-state index contributed by atoms with van der Waals surface area (Å²) in [6.07, 6.45) is 0.456. The number of carbonyl (C=O) groups is 1. The van der Waals surface area contributed by atoms with E-state index in [9.17, 15) is 4.79 Å². The van der Waals surface area contributed by atoms with Crippen LogP contribution in [0.5, 0.6) is 0 Å². The molecule has 0 bridgehead atoms. The number of nitrogens with zero attached hydrogens (tertiary/aromatic N) is 4. The van der Waals surface area contributed by atoms with Crippen molar-refractivity contribution >= 4 is 11.7 Å². The summed E-state index contributed by atoms with van der Waals surface area (Å²) in [5.74, 6) is -1.02. The Balaban J connectivity index is 4.90. The molecule has 0 spiro atoms. The molecule has 1 unspecified atom stereocenters. The number of amides is 1. The van der Waals surface area contributed by atoms with Crippen molar-refractivity contribution in [3.8, 4) is 0 Å².